The van der Waals surface area contributed by atoms with Crippen molar-refractivity contribution in [1.29, 1.82) is 0 Å². The Hall–Kier alpha value is -2.20. The minimum absolute atomic E-state index is 0.119. The summed E-state index contributed by atoms with van der Waals surface area (Å²) in [6, 6.07) is 13.3. The molecule has 1 atom stereocenters. The van der Waals surface area contributed by atoms with E-state index in [4.69, 9.17) is 0 Å². The summed E-state index contributed by atoms with van der Waals surface area (Å²) in [5.74, 6) is 0.357. The number of hydrogen-bond donors (Lipinski definition) is 1. The van der Waals surface area contributed by atoms with Gasteiger partial charge in [0.05, 0.1) is 5.56 Å². The maximum atomic E-state index is 12.2. The van der Waals surface area contributed by atoms with Gasteiger partial charge >= 0.3 is 0 Å². The van der Waals surface area contributed by atoms with Gasteiger partial charge in [0.1, 0.15) is 0 Å². The van der Waals surface area contributed by atoms with E-state index in [-0.39, 0.29) is 5.91 Å². The van der Waals surface area contributed by atoms with Crippen molar-refractivity contribution in [2.75, 3.05) is 25.5 Å². The fourth-order valence-electron chi connectivity index (χ4n) is 2.91. The molecule has 3 rings (SSSR count). The Morgan fingerprint density at radius 3 is 2.73 bits per heavy atom. The largest absolute Gasteiger partial charge is 0.322 e. The van der Waals surface area contributed by atoms with Gasteiger partial charge in [0.15, 0.2) is 0 Å². The highest BCUT2D eigenvalue weighted by atomic mass is 16.1. The van der Waals surface area contributed by atoms with Crippen LogP contribution < -0.4 is 5.32 Å². The molecule has 1 aromatic heterocycles. The van der Waals surface area contributed by atoms with Crippen LogP contribution in [0.4, 0.5) is 5.69 Å². The molecular weight excluding hydrogens is 274 g/mol. The van der Waals surface area contributed by atoms with Crippen LogP contribution in [0.5, 0.6) is 0 Å². The van der Waals surface area contributed by atoms with Crippen LogP contribution in [-0.4, -0.2) is 35.9 Å². The molecule has 0 aliphatic carbocycles. The van der Waals surface area contributed by atoms with Crippen molar-refractivity contribution >= 4 is 11.6 Å². The number of likely N-dealkylation sites (N-methyl/N-ethyl adjacent to an activating group) is 1. The summed E-state index contributed by atoms with van der Waals surface area (Å²) in [7, 11) is 2.15. The number of hydrogen-bond acceptors (Lipinski definition) is 3. The molecule has 1 N–H and O–H groups in total. The zero-order chi connectivity index (χ0) is 15.4. The molecule has 1 fully saturated rings. The van der Waals surface area contributed by atoms with E-state index in [9.17, 15) is 4.79 Å². The Labute approximate surface area is 131 Å². The highest BCUT2D eigenvalue weighted by molar-refractivity contribution is 6.04. The van der Waals surface area contributed by atoms with Gasteiger partial charge in [0.2, 0.25) is 0 Å². The second kappa shape index (κ2) is 6.71. The van der Waals surface area contributed by atoms with Gasteiger partial charge < -0.3 is 10.2 Å². The molecule has 1 unspecified atom stereocenters. The van der Waals surface area contributed by atoms with Gasteiger partial charge in [-0.1, -0.05) is 18.2 Å². The van der Waals surface area contributed by atoms with Crippen LogP contribution >= 0.6 is 0 Å². The first-order chi connectivity index (χ1) is 10.7. The van der Waals surface area contributed by atoms with E-state index in [0.29, 0.717) is 11.5 Å². The average molecular weight is 295 g/mol. The number of pyridine rings is 1. The lowest BCUT2D eigenvalue weighted by molar-refractivity contribution is 0.102. The molecule has 2 heterocycles. The van der Waals surface area contributed by atoms with Gasteiger partial charge in [-0.05, 0) is 50.7 Å². The Morgan fingerprint density at radius 2 is 2.05 bits per heavy atom. The number of amides is 1. The van der Waals surface area contributed by atoms with Gasteiger partial charge in [-0.3, -0.25) is 9.78 Å². The number of nitrogens with one attached hydrogen (secondary N) is 1. The summed E-state index contributed by atoms with van der Waals surface area (Å²) in [5, 5.41) is 2.88. The SMILES string of the molecule is CN1CCCC(c2ccc(C(=O)Nc3ccccc3)cn2)C1. The molecule has 0 radical (unpaired) electrons. The van der Waals surface area contributed by atoms with Crippen LogP contribution in [0.1, 0.15) is 34.8 Å². The third-order valence-corrected chi connectivity index (χ3v) is 4.12. The Morgan fingerprint density at radius 1 is 1.23 bits per heavy atom. The second-order valence-electron chi connectivity index (χ2n) is 5.89. The average Bonchev–Trinajstić information content (AvgIpc) is 2.56. The molecule has 1 saturated heterocycles. The molecule has 114 valence electrons. The smallest absolute Gasteiger partial charge is 0.257 e. The first-order valence-corrected chi connectivity index (χ1v) is 7.73. The molecule has 0 spiro atoms. The number of anilines is 1. The van der Waals surface area contributed by atoms with Crippen molar-refractivity contribution in [3.8, 4) is 0 Å². The van der Waals surface area contributed by atoms with Gasteiger partial charge in [0, 0.05) is 30.0 Å². The minimum atomic E-state index is -0.119. The highest BCUT2D eigenvalue weighted by Crippen LogP contribution is 2.24. The van der Waals surface area contributed by atoms with Crippen LogP contribution in [0.15, 0.2) is 48.7 Å². The van der Waals surface area contributed by atoms with E-state index < -0.39 is 0 Å². The van der Waals surface area contributed by atoms with Crippen molar-refractivity contribution in [2.24, 2.45) is 0 Å². The topological polar surface area (TPSA) is 45.2 Å². The molecule has 22 heavy (non-hydrogen) atoms. The number of carbonyl (C=O) groups is 1. The zero-order valence-electron chi connectivity index (χ0n) is 12.8. The normalized spacial score (nSPS) is 18.9. The predicted molar refractivity (Wildman–Crippen MR) is 88.1 cm³/mol. The van der Waals surface area contributed by atoms with E-state index in [0.717, 1.165) is 24.5 Å². The highest BCUT2D eigenvalue weighted by Gasteiger charge is 2.20. The summed E-state index contributed by atoms with van der Waals surface area (Å²) in [6.45, 7) is 2.20. The van der Waals surface area contributed by atoms with Crippen LogP contribution in [0.2, 0.25) is 0 Å². The molecule has 4 heteroatoms. The van der Waals surface area contributed by atoms with Crippen molar-refractivity contribution in [3.05, 3.63) is 59.9 Å². The van der Waals surface area contributed by atoms with E-state index in [1.54, 1.807) is 6.20 Å². The van der Waals surface area contributed by atoms with E-state index in [1.807, 2.05) is 42.5 Å². The Balaban J connectivity index is 1.67. The summed E-state index contributed by atoms with van der Waals surface area (Å²) in [5.41, 5.74) is 2.48. The molecule has 1 aliphatic rings. The van der Waals surface area contributed by atoms with E-state index >= 15 is 0 Å². The first kappa shape index (κ1) is 14.7. The molecule has 2 aromatic rings. The number of likely N-dealkylation sites (tertiary alicyclic amines) is 1. The van der Waals surface area contributed by atoms with Crippen molar-refractivity contribution < 1.29 is 4.79 Å². The maximum absolute atomic E-state index is 12.2. The molecule has 1 aliphatic heterocycles. The van der Waals surface area contributed by atoms with Crippen LogP contribution in [0.25, 0.3) is 0 Å². The van der Waals surface area contributed by atoms with Crippen molar-refractivity contribution in [2.45, 2.75) is 18.8 Å². The maximum Gasteiger partial charge on any atom is 0.257 e. The van der Waals surface area contributed by atoms with Crippen molar-refractivity contribution in [3.63, 3.8) is 0 Å². The molecule has 1 amide bonds. The molecule has 4 nitrogen and oxygen atoms in total. The third kappa shape index (κ3) is 3.52. The number of para-hydroxylation sites is 1. The predicted octanol–water partition coefficient (Wildman–Crippen LogP) is 3.14. The molecule has 0 saturated carbocycles. The monoisotopic (exact) mass is 295 g/mol. The number of carbonyl (C=O) groups excluding carboxylic acids is 1. The summed E-state index contributed by atoms with van der Waals surface area (Å²) >= 11 is 0. The number of rotatable bonds is 3. The van der Waals surface area contributed by atoms with Crippen LogP contribution in [0, 0.1) is 0 Å². The summed E-state index contributed by atoms with van der Waals surface area (Å²) < 4.78 is 0. The van der Waals surface area contributed by atoms with Gasteiger partial charge in [-0.25, -0.2) is 0 Å². The van der Waals surface area contributed by atoms with Crippen LogP contribution in [-0.2, 0) is 0 Å². The van der Waals surface area contributed by atoms with Gasteiger partial charge in [-0.15, -0.1) is 0 Å². The molecular formula is C18H21N3O. The summed E-state index contributed by atoms with van der Waals surface area (Å²) in [4.78, 5) is 19.0. The van der Waals surface area contributed by atoms with E-state index in [1.165, 1.54) is 12.8 Å². The zero-order valence-corrected chi connectivity index (χ0v) is 12.8. The lowest BCUT2D eigenvalue weighted by atomic mass is 9.94. The van der Waals surface area contributed by atoms with E-state index in [2.05, 4.69) is 22.2 Å². The second-order valence-corrected chi connectivity index (χ2v) is 5.89. The standard InChI is InChI=1S/C18H21N3O/c1-21-11-5-6-15(13-21)17-10-9-14(12-19-17)18(22)20-16-7-3-2-4-8-16/h2-4,7-10,12,15H,5-6,11,13H2,1H3,(H,20,22). The van der Waals surface area contributed by atoms with Gasteiger partial charge in [-0.2, -0.15) is 0 Å². The van der Waals surface area contributed by atoms with Crippen LogP contribution in [0.3, 0.4) is 0 Å². The first-order valence-electron chi connectivity index (χ1n) is 7.73. The summed E-state index contributed by atoms with van der Waals surface area (Å²) in [6.07, 6.45) is 4.06. The minimum Gasteiger partial charge on any atom is -0.322 e. The number of nitrogens with zero attached hydrogens (tertiary/aromatic N) is 2. The molecule has 1 aromatic carbocycles. The third-order valence-electron chi connectivity index (χ3n) is 4.12. The Kier molecular flexibility index (Phi) is 4.49. The fraction of sp³-hybridized carbons (Fsp3) is 0.333. The Bertz CT molecular complexity index is 625. The lowest BCUT2D eigenvalue weighted by Crippen LogP contribution is -2.31. The fourth-order valence-corrected chi connectivity index (χ4v) is 2.91. The quantitative estimate of drug-likeness (QED) is 0.946. The number of benzene rings is 1. The lowest BCUT2D eigenvalue weighted by Gasteiger charge is -2.29. The molecule has 0 bridgehead atoms. The number of aromatic nitrogens is 1. The van der Waals surface area contributed by atoms with Gasteiger partial charge in [0.25, 0.3) is 5.91 Å². The number of piperidine rings is 1. The van der Waals surface area contributed by atoms with Crippen molar-refractivity contribution in [1.82, 2.24) is 9.88 Å².